The Morgan fingerprint density at radius 1 is 1.25 bits per heavy atom. The number of hydrogen-bond donors (Lipinski definition) is 1. The number of aromatic nitrogens is 2. The van der Waals surface area contributed by atoms with E-state index in [1.807, 2.05) is 39.2 Å². The van der Waals surface area contributed by atoms with Crippen molar-refractivity contribution in [3.63, 3.8) is 0 Å². The molecule has 0 amide bonds. The van der Waals surface area contributed by atoms with Crippen LogP contribution in [0, 0.1) is 6.92 Å². The molecule has 84 valence electrons. The van der Waals surface area contributed by atoms with Crippen LogP contribution < -0.4 is 10.6 Å². The molecule has 0 radical (unpaired) electrons. The van der Waals surface area contributed by atoms with E-state index in [0.717, 1.165) is 16.8 Å². The number of rotatable bonds is 2. The monoisotopic (exact) mass is 218 g/mol. The van der Waals surface area contributed by atoms with Crippen molar-refractivity contribution in [1.82, 2.24) is 10.2 Å². The topological polar surface area (TPSA) is 68.2 Å². The number of nitrogen functional groups attached to an aromatic ring is 1. The average molecular weight is 218 g/mol. The maximum Gasteiger partial charge on any atom is 0.317 e. The van der Waals surface area contributed by atoms with Crippen LogP contribution in [-0.4, -0.2) is 24.3 Å². The Bertz CT molecular complexity index is 504. The number of benzene rings is 1. The fourth-order valence-electron chi connectivity index (χ4n) is 1.39. The van der Waals surface area contributed by atoms with Gasteiger partial charge < -0.3 is 15.1 Å². The third kappa shape index (κ3) is 1.71. The lowest BCUT2D eigenvalue weighted by Crippen LogP contribution is -2.08. The normalized spacial score (nSPS) is 10.4. The largest absolute Gasteiger partial charge is 0.403 e. The molecule has 0 spiro atoms. The highest BCUT2D eigenvalue weighted by Gasteiger charge is 2.12. The van der Waals surface area contributed by atoms with Gasteiger partial charge in [-0.1, -0.05) is 11.2 Å². The minimum Gasteiger partial charge on any atom is -0.403 e. The van der Waals surface area contributed by atoms with E-state index in [9.17, 15) is 0 Å². The van der Waals surface area contributed by atoms with Gasteiger partial charge in [-0.25, -0.2) is 0 Å². The van der Waals surface area contributed by atoms with Gasteiger partial charge in [0.15, 0.2) is 0 Å². The lowest BCUT2D eigenvalue weighted by atomic mass is 10.1. The van der Waals surface area contributed by atoms with Crippen molar-refractivity contribution >= 4 is 11.7 Å². The van der Waals surface area contributed by atoms with Gasteiger partial charge in [-0.15, -0.1) is 5.10 Å². The molecule has 0 aliphatic heterocycles. The van der Waals surface area contributed by atoms with Gasteiger partial charge in [0.2, 0.25) is 5.89 Å². The van der Waals surface area contributed by atoms with Gasteiger partial charge in [0.1, 0.15) is 0 Å². The van der Waals surface area contributed by atoms with Crippen molar-refractivity contribution < 1.29 is 4.42 Å². The van der Waals surface area contributed by atoms with Crippen molar-refractivity contribution in [1.29, 1.82) is 0 Å². The first-order valence-electron chi connectivity index (χ1n) is 4.96. The molecular formula is C11H14N4O. The molecule has 5 nitrogen and oxygen atoms in total. The zero-order chi connectivity index (χ0) is 11.7. The van der Waals surface area contributed by atoms with E-state index in [1.54, 1.807) is 4.90 Å². The van der Waals surface area contributed by atoms with Crippen LogP contribution in [0.2, 0.25) is 0 Å². The minimum absolute atomic E-state index is 0.483. The molecule has 1 heterocycles. The summed E-state index contributed by atoms with van der Waals surface area (Å²) < 4.78 is 5.52. The Morgan fingerprint density at radius 2 is 2.00 bits per heavy atom. The van der Waals surface area contributed by atoms with Crippen molar-refractivity contribution in [3.05, 3.63) is 23.8 Å². The first kappa shape index (κ1) is 10.5. The van der Waals surface area contributed by atoms with Crippen LogP contribution in [0.3, 0.4) is 0 Å². The van der Waals surface area contributed by atoms with Gasteiger partial charge in [-0.05, 0) is 24.6 Å². The molecule has 0 fully saturated rings. The maximum atomic E-state index is 5.82. The molecule has 2 rings (SSSR count). The summed E-state index contributed by atoms with van der Waals surface area (Å²) in [6.45, 7) is 1.93. The third-order valence-corrected chi connectivity index (χ3v) is 2.40. The van der Waals surface area contributed by atoms with Crippen LogP contribution in [0.1, 0.15) is 5.56 Å². The lowest BCUT2D eigenvalue weighted by Gasteiger charge is -2.05. The summed E-state index contributed by atoms with van der Waals surface area (Å²) >= 11 is 0. The van der Waals surface area contributed by atoms with Crippen molar-refractivity contribution in [3.8, 4) is 11.5 Å². The van der Waals surface area contributed by atoms with Crippen molar-refractivity contribution in [2.75, 3.05) is 24.7 Å². The van der Waals surface area contributed by atoms with E-state index in [1.165, 1.54) is 0 Å². The molecule has 0 aliphatic carbocycles. The second kappa shape index (κ2) is 3.84. The van der Waals surface area contributed by atoms with Gasteiger partial charge >= 0.3 is 6.01 Å². The molecule has 1 aromatic carbocycles. The molecule has 0 saturated heterocycles. The zero-order valence-electron chi connectivity index (χ0n) is 9.56. The Labute approximate surface area is 93.9 Å². The number of hydrogen-bond acceptors (Lipinski definition) is 5. The Morgan fingerprint density at radius 3 is 2.62 bits per heavy atom. The average Bonchev–Trinajstić information content (AvgIpc) is 2.71. The maximum absolute atomic E-state index is 5.82. The second-order valence-electron chi connectivity index (χ2n) is 3.80. The highest BCUT2D eigenvalue weighted by atomic mass is 16.4. The highest BCUT2D eigenvalue weighted by molar-refractivity contribution is 5.66. The van der Waals surface area contributed by atoms with Crippen LogP contribution in [0.5, 0.6) is 0 Å². The summed E-state index contributed by atoms with van der Waals surface area (Å²) in [5.74, 6) is 0.494. The predicted octanol–water partition coefficient (Wildman–Crippen LogP) is 1.69. The van der Waals surface area contributed by atoms with E-state index >= 15 is 0 Å². The van der Waals surface area contributed by atoms with Gasteiger partial charge in [0.05, 0.1) is 0 Å². The van der Waals surface area contributed by atoms with Gasteiger partial charge in [-0.2, -0.15) is 0 Å². The van der Waals surface area contributed by atoms with Gasteiger partial charge in [0, 0.05) is 25.3 Å². The van der Waals surface area contributed by atoms with E-state index in [4.69, 9.17) is 10.2 Å². The van der Waals surface area contributed by atoms with Crippen LogP contribution in [-0.2, 0) is 0 Å². The van der Waals surface area contributed by atoms with Crippen molar-refractivity contribution in [2.45, 2.75) is 6.92 Å². The van der Waals surface area contributed by atoms with Crippen LogP contribution >= 0.6 is 0 Å². The van der Waals surface area contributed by atoms with Crippen LogP contribution in [0.15, 0.2) is 22.6 Å². The summed E-state index contributed by atoms with van der Waals surface area (Å²) in [6, 6.07) is 6.12. The van der Waals surface area contributed by atoms with Crippen LogP contribution in [0.25, 0.3) is 11.5 Å². The first-order valence-corrected chi connectivity index (χ1v) is 4.96. The second-order valence-corrected chi connectivity index (χ2v) is 3.80. The summed E-state index contributed by atoms with van der Waals surface area (Å²) in [6.07, 6.45) is 0. The van der Waals surface area contributed by atoms with Gasteiger partial charge in [0.25, 0.3) is 0 Å². The minimum atomic E-state index is 0.483. The smallest absolute Gasteiger partial charge is 0.317 e. The Kier molecular flexibility index (Phi) is 2.52. The fourth-order valence-corrected chi connectivity index (χ4v) is 1.39. The lowest BCUT2D eigenvalue weighted by molar-refractivity contribution is 0.566. The highest BCUT2D eigenvalue weighted by Crippen LogP contribution is 2.27. The summed E-state index contributed by atoms with van der Waals surface area (Å²) in [4.78, 5) is 1.76. The summed E-state index contributed by atoms with van der Waals surface area (Å²) in [5, 5.41) is 7.93. The Hall–Kier alpha value is -2.04. The van der Waals surface area contributed by atoms with E-state index < -0.39 is 0 Å². The SMILES string of the molecule is Cc1c(N)cccc1-c1nnc(N(C)C)o1. The molecule has 2 N–H and O–H groups in total. The number of nitrogens with zero attached hydrogens (tertiary/aromatic N) is 3. The standard InChI is InChI=1S/C11H14N4O/c1-7-8(5-4-6-9(7)12)10-13-14-11(16-10)15(2)3/h4-6H,12H2,1-3H3. The molecule has 0 unspecified atom stereocenters. The molecule has 16 heavy (non-hydrogen) atoms. The van der Waals surface area contributed by atoms with E-state index in [-0.39, 0.29) is 0 Å². The quantitative estimate of drug-likeness (QED) is 0.777. The van der Waals surface area contributed by atoms with E-state index in [2.05, 4.69) is 10.2 Å². The molecule has 0 aliphatic rings. The molecule has 1 aromatic heterocycles. The summed E-state index contributed by atoms with van der Waals surface area (Å²) in [5.41, 5.74) is 8.38. The summed E-state index contributed by atoms with van der Waals surface area (Å²) in [7, 11) is 3.70. The molecule has 2 aromatic rings. The fraction of sp³-hybridized carbons (Fsp3) is 0.273. The predicted molar refractivity (Wildman–Crippen MR) is 63.2 cm³/mol. The molecule has 5 heteroatoms. The van der Waals surface area contributed by atoms with Crippen LogP contribution in [0.4, 0.5) is 11.7 Å². The van der Waals surface area contributed by atoms with Crippen molar-refractivity contribution in [2.24, 2.45) is 0 Å². The molecule has 0 atom stereocenters. The van der Waals surface area contributed by atoms with E-state index in [0.29, 0.717) is 11.9 Å². The third-order valence-electron chi connectivity index (χ3n) is 2.40. The zero-order valence-corrected chi connectivity index (χ0v) is 9.56. The number of nitrogens with two attached hydrogens (primary N) is 1. The number of anilines is 2. The first-order chi connectivity index (χ1) is 7.59. The molecule has 0 bridgehead atoms. The Balaban J connectivity index is 2.47. The van der Waals surface area contributed by atoms with Gasteiger partial charge in [-0.3, -0.25) is 0 Å². The molecule has 0 saturated carbocycles. The molecular weight excluding hydrogens is 204 g/mol.